The van der Waals surface area contributed by atoms with E-state index >= 15 is 0 Å². The highest BCUT2D eigenvalue weighted by Crippen LogP contribution is 2.32. The van der Waals surface area contributed by atoms with Crippen LogP contribution >= 0.6 is 11.3 Å². The van der Waals surface area contributed by atoms with E-state index in [9.17, 15) is 9.59 Å². The molecule has 0 aliphatic carbocycles. The minimum absolute atomic E-state index is 0.144. The fourth-order valence-electron chi connectivity index (χ4n) is 1.87. The van der Waals surface area contributed by atoms with Gasteiger partial charge in [-0.3, -0.25) is 9.59 Å². The summed E-state index contributed by atoms with van der Waals surface area (Å²) in [5, 5.41) is 8.24. The van der Waals surface area contributed by atoms with Crippen molar-refractivity contribution in [1.29, 1.82) is 0 Å². The van der Waals surface area contributed by atoms with Crippen molar-refractivity contribution in [2.45, 2.75) is 0 Å². The van der Waals surface area contributed by atoms with Crippen LogP contribution in [0.5, 0.6) is 11.5 Å². The second kappa shape index (κ2) is 6.93. The first-order chi connectivity index (χ1) is 11.2. The first-order valence-electron chi connectivity index (χ1n) is 6.75. The first-order valence-corrected chi connectivity index (χ1v) is 7.63. The molecule has 0 saturated heterocycles. The molecule has 23 heavy (non-hydrogen) atoms. The Hall–Kier alpha value is -2.87. The number of hydrogen-bond acceptors (Lipinski definition) is 6. The maximum absolute atomic E-state index is 12.0. The monoisotopic (exact) mass is 331 g/mol. The number of amides is 2. The van der Waals surface area contributed by atoms with Crippen LogP contribution in [0.15, 0.2) is 40.8 Å². The summed E-state index contributed by atoms with van der Waals surface area (Å²) < 4.78 is 10.4. The zero-order valence-corrected chi connectivity index (χ0v) is 12.8. The Balaban J connectivity index is 1.47. The van der Waals surface area contributed by atoms with Crippen molar-refractivity contribution in [1.82, 2.24) is 10.7 Å². The summed E-state index contributed by atoms with van der Waals surface area (Å²) in [7, 11) is 0. The van der Waals surface area contributed by atoms with E-state index in [-0.39, 0.29) is 19.2 Å². The molecule has 0 fully saturated rings. The van der Waals surface area contributed by atoms with Crippen LogP contribution < -0.4 is 20.2 Å². The molecule has 0 radical (unpaired) electrons. The van der Waals surface area contributed by atoms with Gasteiger partial charge in [0.2, 0.25) is 6.79 Å². The third-order valence-electron chi connectivity index (χ3n) is 2.97. The Kier molecular flexibility index (Phi) is 4.53. The number of benzene rings is 1. The third kappa shape index (κ3) is 3.86. The standard InChI is InChI=1S/C15H13N3O4S/c19-14(18-17-7-11-2-1-5-23-11)8-16-15(20)10-3-4-12-13(6-10)22-9-21-12/h1-7H,8-9H2,(H,16,20)(H,18,19)/b17-7-. The number of fused-ring (bicyclic) bond motifs is 1. The summed E-state index contributed by atoms with van der Waals surface area (Å²) in [6.07, 6.45) is 1.54. The van der Waals surface area contributed by atoms with Crippen molar-refractivity contribution in [2.24, 2.45) is 5.10 Å². The minimum Gasteiger partial charge on any atom is -0.454 e. The molecule has 3 rings (SSSR count). The van der Waals surface area contributed by atoms with Gasteiger partial charge in [-0.15, -0.1) is 11.3 Å². The first kappa shape index (κ1) is 15.0. The summed E-state index contributed by atoms with van der Waals surface area (Å²) in [4.78, 5) is 24.5. The van der Waals surface area contributed by atoms with Crippen LogP contribution in [0.25, 0.3) is 0 Å². The summed E-state index contributed by atoms with van der Waals surface area (Å²) in [6.45, 7) is -0.0277. The van der Waals surface area contributed by atoms with E-state index in [0.717, 1.165) is 4.88 Å². The van der Waals surface area contributed by atoms with E-state index in [2.05, 4.69) is 15.8 Å². The molecular formula is C15H13N3O4S. The fourth-order valence-corrected chi connectivity index (χ4v) is 2.46. The normalized spacial score (nSPS) is 12.3. The molecule has 0 unspecified atom stereocenters. The Morgan fingerprint density at radius 1 is 1.26 bits per heavy atom. The van der Waals surface area contributed by atoms with E-state index < -0.39 is 5.91 Å². The molecule has 0 bridgehead atoms. The summed E-state index contributed by atoms with van der Waals surface area (Å²) in [5.74, 6) is 0.331. The number of hydrazone groups is 1. The molecule has 8 heteroatoms. The topological polar surface area (TPSA) is 89.0 Å². The maximum Gasteiger partial charge on any atom is 0.259 e. The number of hydrogen-bond donors (Lipinski definition) is 2. The number of rotatable bonds is 5. The Morgan fingerprint density at radius 3 is 2.96 bits per heavy atom. The highest BCUT2D eigenvalue weighted by molar-refractivity contribution is 7.11. The highest BCUT2D eigenvalue weighted by Gasteiger charge is 2.16. The molecule has 1 aromatic heterocycles. The zero-order valence-electron chi connectivity index (χ0n) is 11.9. The molecule has 7 nitrogen and oxygen atoms in total. The molecule has 1 aliphatic rings. The van der Waals surface area contributed by atoms with Crippen molar-refractivity contribution in [3.05, 3.63) is 46.2 Å². The van der Waals surface area contributed by atoms with E-state index in [1.54, 1.807) is 24.4 Å². The highest BCUT2D eigenvalue weighted by atomic mass is 32.1. The van der Waals surface area contributed by atoms with Gasteiger partial charge in [-0.1, -0.05) is 6.07 Å². The molecule has 2 N–H and O–H groups in total. The lowest BCUT2D eigenvalue weighted by molar-refractivity contribution is -0.120. The van der Waals surface area contributed by atoms with Crippen molar-refractivity contribution < 1.29 is 19.1 Å². The molecule has 0 saturated carbocycles. The Bertz CT molecular complexity index is 743. The lowest BCUT2D eigenvalue weighted by Crippen LogP contribution is -2.34. The van der Waals surface area contributed by atoms with Gasteiger partial charge in [0.15, 0.2) is 11.5 Å². The smallest absolute Gasteiger partial charge is 0.259 e. The quantitative estimate of drug-likeness (QED) is 0.639. The zero-order chi connectivity index (χ0) is 16.1. The predicted octanol–water partition coefficient (Wildman–Crippen LogP) is 1.36. The molecular weight excluding hydrogens is 318 g/mol. The fraction of sp³-hybridized carbons (Fsp3) is 0.133. The average molecular weight is 331 g/mol. The molecule has 1 aliphatic heterocycles. The molecule has 1 aromatic carbocycles. The number of thiophene rings is 1. The van der Waals surface area contributed by atoms with E-state index in [1.165, 1.54) is 11.3 Å². The van der Waals surface area contributed by atoms with Gasteiger partial charge >= 0.3 is 0 Å². The van der Waals surface area contributed by atoms with Gasteiger partial charge in [0.25, 0.3) is 11.8 Å². The number of nitrogens with zero attached hydrogens (tertiary/aromatic N) is 1. The Morgan fingerprint density at radius 2 is 2.13 bits per heavy atom. The Labute approximate surface area is 135 Å². The van der Waals surface area contributed by atoms with Crippen LogP contribution in [0.3, 0.4) is 0 Å². The summed E-state index contributed by atoms with van der Waals surface area (Å²) >= 11 is 1.51. The van der Waals surface area contributed by atoms with Gasteiger partial charge < -0.3 is 14.8 Å². The number of nitrogens with one attached hydrogen (secondary N) is 2. The lowest BCUT2D eigenvalue weighted by Gasteiger charge is -2.05. The summed E-state index contributed by atoms with van der Waals surface area (Å²) in [6, 6.07) is 8.60. The van der Waals surface area contributed by atoms with E-state index in [1.807, 2.05) is 17.5 Å². The molecule has 2 aromatic rings. The van der Waals surface area contributed by atoms with Gasteiger partial charge in [0.05, 0.1) is 12.8 Å². The molecule has 2 amide bonds. The van der Waals surface area contributed by atoms with Crippen molar-refractivity contribution in [2.75, 3.05) is 13.3 Å². The van der Waals surface area contributed by atoms with Gasteiger partial charge in [-0.25, -0.2) is 5.43 Å². The predicted molar refractivity (Wildman–Crippen MR) is 85.0 cm³/mol. The van der Waals surface area contributed by atoms with Gasteiger partial charge in [-0.05, 0) is 29.6 Å². The molecule has 0 atom stereocenters. The van der Waals surface area contributed by atoms with Crippen LogP contribution in [0.1, 0.15) is 15.2 Å². The minimum atomic E-state index is -0.410. The van der Waals surface area contributed by atoms with Crippen molar-refractivity contribution >= 4 is 29.4 Å². The summed E-state index contributed by atoms with van der Waals surface area (Å²) in [5.41, 5.74) is 2.74. The SMILES string of the molecule is O=C(CNC(=O)c1ccc2c(c1)OCO2)N/N=C\c1cccs1. The van der Waals surface area contributed by atoms with E-state index in [4.69, 9.17) is 9.47 Å². The molecule has 118 valence electrons. The maximum atomic E-state index is 12.0. The van der Waals surface area contributed by atoms with Gasteiger partial charge in [0, 0.05) is 10.4 Å². The van der Waals surface area contributed by atoms with Gasteiger partial charge in [-0.2, -0.15) is 5.10 Å². The largest absolute Gasteiger partial charge is 0.454 e. The van der Waals surface area contributed by atoms with Crippen LogP contribution in [-0.2, 0) is 4.79 Å². The molecule has 2 heterocycles. The van der Waals surface area contributed by atoms with Crippen LogP contribution in [-0.4, -0.2) is 31.4 Å². The average Bonchev–Trinajstić information content (AvgIpc) is 3.23. The number of ether oxygens (including phenoxy) is 2. The second-order valence-corrected chi connectivity index (χ2v) is 5.54. The third-order valence-corrected chi connectivity index (χ3v) is 3.78. The van der Waals surface area contributed by atoms with Crippen LogP contribution in [0, 0.1) is 0 Å². The van der Waals surface area contributed by atoms with Crippen molar-refractivity contribution in [3.8, 4) is 11.5 Å². The van der Waals surface area contributed by atoms with E-state index in [0.29, 0.717) is 17.1 Å². The number of carbonyl (C=O) groups excluding carboxylic acids is 2. The number of carbonyl (C=O) groups is 2. The van der Waals surface area contributed by atoms with Gasteiger partial charge in [0.1, 0.15) is 0 Å². The second-order valence-electron chi connectivity index (χ2n) is 4.56. The lowest BCUT2D eigenvalue weighted by atomic mass is 10.2. The van der Waals surface area contributed by atoms with Crippen molar-refractivity contribution in [3.63, 3.8) is 0 Å². The van der Waals surface area contributed by atoms with Crippen LogP contribution in [0.4, 0.5) is 0 Å². The molecule has 0 spiro atoms. The van der Waals surface area contributed by atoms with Crippen LogP contribution in [0.2, 0.25) is 0 Å².